The fraction of sp³-hybridized carbons (Fsp3) is 0.261. The topological polar surface area (TPSA) is 69.0 Å². The Morgan fingerprint density at radius 1 is 1.17 bits per heavy atom. The van der Waals surface area contributed by atoms with Gasteiger partial charge in [0.05, 0.1) is 28.9 Å². The van der Waals surface area contributed by atoms with Crippen LogP contribution in [-0.4, -0.2) is 27.3 Å². The predicted molar refractivity (Wildman–Crippen MR) is 119 cm³/mol. The van der Waals surface area contributed by atoms with Gasteiger partial charge in [0.15, 0.2) is 0 Å². The van der Waals surface area contributed by atoms with Crippen molar-refractivity contribution >= 4 is 33.3 Å². The highest BCUT2D eigenvalue weighted by Crippen LogP contribution is 2.33. The lowest BCUT2D eigenvalue weighted by Gasteiger charge is -2.09. The van der Waals surface area contributed by atoms with E-state index in [-0.39, 0.29) is 5.91 Å². The van der Waals surface area contributed by atoms with E-state index in [0.29, 0.717) is 13.0 Å². The number of benzene rings is 2. The number of fused-ring (bicyclic) bond motifs is 2. The number of hydrogen-bond donors (Lipinski definition) is 1. The molecule has 0 saturated carbocycles. The number of aromatic nitrogens is 3. The molecule has 1 amide bonds. The fourth-order valence-electron chi connectivity index (χ4n) is 3.84. The summed E-state index contributed by atoms with van der Waals surface area (Å²) in [4.78, 5) is 17.6. The molecule has 1 N–H and O–H groups in total. The van der Waals surface area contributed by atoms with Crippen molar-refractivity contribution in [3.8, 4) is 10.9 Å². The molecule has 2 aromatic carbocycles. The number of carbonyl (C=O) groups excluding carboxylic acids is 1. The van der Waals surface area contributed by atoms with Gasteiger partial charge in [0.25, 0.3) is 0 Å². The highest BCUT2D eigenvalue weighted by atomic mass is 32.1. The van der Waals surface area contributed by atoms with E-state index in [0.717, 1.165) is 63.0 Å². The van der Waals surface area contributed by atoms with E-state index < -0.39 is 0 Å². The minimum absolute atomic E-state index is 0.0591. The maximum Gasteiger partial charge on any atom is 0.229 e. The molecule has 1 aliphatic carbocycles. The Kier molecular flexibility index (Phi) is 4.96. The van der Waals surface area contributed by atoms with E-state index in [1.165, 1.54) is 0 Å². The van der Waals surface area contributed by atoms with Crippen LogP contribution in [-0.2, 0) is 24.1 Å². The van der Waals surface area contributed by atoms with E-state index in [2.05, 4.69) is 11.4 Å². The summed E-state index contributed by atoms with van der Waals surface area (Å²) in [5, 5.41) is 8.68. The lowest BCUT2D eigenvalue weighted by Crippen LogP contribution is -2.18. The summed E-state index contributed by atoms with van der Waals surface area (Å²) in [6.07, 6.45) is 3.24. The number of nitrogens with one attached hydrogen (secondary N) is 1. The Morgan fingerprint density at radius 2 is 2.00 bits per heavy atom. The van der Waals surface area contributed by atoms with Crippen molar-refractivity contribution in [1.29, 1.82) is 0 Å². The molecule has 0 saturated heterocycles. The van der Waals surface area contributed by atoms with E-state index >= 15 is 0 Å². The van der Waals surface area contributed by atoms with Crippen molar-refractivity contribution in [2.24, 2.45) is 0 Å². The lowest BCUT2D eigenvalue weighted by molar-refractivity contribution is -0.115. The summed E-state index contributed by atoms with van der Waals surface area (Å²) in [5.41, 5.74) is 4.08. The van der Waals surface area contributed by atoms with E-state index in [1.807, 2.05) is 54.1 Å². The number of aryl methyl sites for hydroxylation is 1. The van der Waals surface area contributed by atoms with Crippen molar-refractivity contribution in [2.75, 3.05) is 11.9 Å². The van der Waals surface area contributed by atoms with Crippen LogP contribution in [0, 0.1) is 0 Å². The molecule has 0 atom stereocenters. The lowest BCUT2D eigenvalue weighted by atomic mass is 10.1. The number of para-hydroxylation sites is 1. The zero-order valence-electron chi connectivity index (χ0n) is 16.7. The standard InChI is InChI=1S/C23H22N4O2S/c1-2-29-16-12-10-15(11-13-16)14-21(28)25-22-17-6-5-8-18(17)26-27(22)23-24-19-7-3-4-9-20(19)30-23/h3-4,7,9-13H,2,5-6,8,14H2,1H3,(H,25,28). The highest BCUT2D eigenvalue weighted by molar-refractivity contribution is 7.20. The summed E-state index contributed by atoms with van der Waals surface area (Å²) < 4.78 is 8.39. The third-order valence-electron chi connectivity index (χ3n) is 5.23. The fourth-order valence-corrected chi connectivity index (χ4v) is 4.77. The van der Waals surface area contributed by atoms with Gasteiger partial charge in [0, 0.05) is 5.56 Å². The van der Waals surface area contributed by atoms with E-state index in [4.69, 9.17) is 14.8 Å². The first-order valence-corrected chi connectivity index (χ1v) is 11.0. The highest BCUT2D eigenvalue weighted by Gasteiger charge is 2.25. The third-order valence-corrected chi connectivity index (χ3v) is 6.24. The average molecular weight is 419 g/mol. The number of anilines is 1. The number of carbonyl (C=O) groups is 1. The second-order valence-electron chi connectivity index (χ2n) is 7.31. The molecule has 7 heteroatoms. The Hall–Kier alpha value is -3.19. The van der Waals surface area contributed by atoms with Gasteiger partial charge in [-0.1, -0.05) is 35.6 Å². The SMILES string of the molecule is CCOc1ccc(CC(=O)Nc2c3c(nn2-c2nc4ccccc4s2)CCC3)cc1. The number of nitrogens with zero attached hydrogens (tertiary/aromatic N) is 3. The first-order chi connectivity index (χ1) is 14.7. The second kappa shape index (κ2) is 7.91. The molecule has 2 aromatic heterocycles. The van der Waals surface area contributed by atoms with Crippen molar-refractivity contribution < 1.29 is 9.53 Å². The molecule has 4 aromatic rings. The summed E-state index contributed by atoms with van der Waals surface area (Å²) in [5.74, 6) is 1.52. The van der Waals surface area contributed by atoms with Crippen LogP contribution < -0.4 is 10.1 Å². The molecule has 2 heterocycles. The zero-order chi connectivity index (χ0) is 20.5. The molecule has 152 valence electrons. The monoisotopic (exact) mass is 418 g/mol. The van der Waals surface area contributed by atoms with Gasteiger partial charge < -0.3 is 10.1 Å². The van der Waals surface area contributed by atoms with Gasteiger partial charge in [0.2, 0.25) is 11.0 Å². The Bertz CT molecular complexity index is 1180. The largest absolute Gasteiger partial charge is 0.494 e. The van der Waals surface area contributed by atoms with Crippen LogP contribution in [0.15, 0.2) is 48.5 Å². The number of thiazole rings is 1. The van der Waals surface area contributed by atoms with E-state index in [1.54, 1.807) is 11.3 Å². The first-order valence-electron chi connectivity index (χ1n) is 10.2. The molecule has 6 nitrogen and oxygen atoms in total. The van der Waals surface area contributed by atoms with Crippen molar-refractivity contribution in [1.82, 2.24) is 14.8 Å². The molecular weight excluding hydrogens is 396 g/mol. The molecule has 5 rings (SSSR count). The van der Waals surface area contributed by atoms with Crippen LogP contribution in [0.3, 0.4) is 0 Å². The first kappa shape index (κ1) is 18.8. The van der Waals surface area contributed by atoms with Crippen molar-refractivity contribution in [3.63, 3.8) is 0 Å². The third kappa shape index (κ3) is 3.57. The molecule has 0 spiro atoms. The average Bonchev–Trinajstić information content (AvgIpc) is 3.45. The summed E-state index contributed by atoms with van der Waals surface area (Å²) in [6, 6.07) is 15.7. The number of ether oxygens (including phenoxy) is 1. The minimum Gasteiger partial charge on any atom is -0.494 e. The van der Waals surface area contributed by atoms with Gasteiger partial charge in [-0.25, -0.2) is 4.98 Å². The summed E-state index contributed by atoms with van der Waals surface area (Å²) in [7, 11) is 0. The number of hydrogen-bond acceptors (Lipinski definition) is 5. The summed E-state index contributed by atoms with van der Waals surface area (Å²) in [6.45, 7) is 2.58. The summed E-state index contributed by atoms with van der Waals surface area (Å²) >= 11 is 1.58. The van der Waals surface area contributed by atoms with Crippen LogP contribution in [0.2, 0.25) is 0 Å². The molecule has 0 aliphatic heterocycles. The zero-order valence-corrected chi connectivity index (χ0v) is 17.5. The molecule has 30 heavy (non-hydrogen) atoms. The maximum atomic E-state index is 12.8. The Labute approximate surface area is 178 Å². The van der Waals surface area contributed by atoms with Gasteiger partial charge in [-0.3, -0.25) is 4.79 Å². The van der Waals surface area contributed by atoms with Crippen LogP contribution in [0.5, 0.6) is 5.75 Å². The number of amides is 1. The number of rotatable bonds is 6. The predicted octanol–water partition coefficient (Wildman–Crippen LogP) is 4.55. The van der Waals surface area contributed by atoms with Crippen molar-refractivity contribution in [2.45, 2.75) is 32.6 Å². The Balaban J connectivity index is 1.41. The molecule has 1 aliphatic rings. The Morgan fingerprint density at radius 3 is 2.80 bits per heavy atom. The van der Waals surface area contributed by atoms with Gasteiger partial charge in [-0.15, -0.1) is 0 Å². The van der Waals surface area contributed by atoms with Gasteiger partial charge in [-0.05, 0) is 56.0 Å². The second-order valence-corrected chi connectivity index (χ2v) is 8.31. The van der Waals surface area contributed by atoms with Crippen LogP contribution in [0.1, 0.15) is 30.2 Å². The maximum absolute atomic E-state index is 12.8. The van der Waals surface area contributed by atoms with Crippen LogP contribution in [0.4, 0.5) is 5.82 Å². The molecule has 0 unspecified atom stereocenters. The quantitative estimate of drug-likeness (QED) is 0.499. The van der Waals surface area contributed by atoms with Crippen LogP contribution in [0.25, 0.3) is 15.3 Å². The molecule has 0 fully saturated rings. The van der Waals surface area contributed by atoms with Gasteiger partial charge >= 0.3 is 0 Å². The molecular formula is C23H22N4O2S. The van der Waals surface area contributed by atoms with Crippen LogP contribution >= 0.6 is 11.3 Å². The molecule has 0 bridgehead atoms. The van der Waals surface area contributed by atoms with Crippen molar-refractivity contribution in [3.05, 3.63) is 65.4 Å². The molecule has 0 radical (unpaired) electrons. The van der Waals surface area contributed by atoms with Gasteiger partial charge in [-0.2, -0.15) is 9.78 Å². The van der Waals surface area contributed by atoms with E-state index in [9.17, 15) is 4.79 Å². The smallest absolute Gasteiger partial charge is 0.229 e. The van der Waals surface area contributed by atoms with Gasteiger partial charge in [0.1, 0.15) is 11.6 Å². The normalized spacial score (nSPS) is 12.8. The minimum atomic E-state index is -0.0591.